The lowest BCUT2D eigenvalue weighted by molar-refractivity contribution is -0.141. The van der Waals surface area contributed by atoms with E-state index >= 15 is 0 Å². The van der Waals surface area contributed by atoms with Gasteiger partial charge in [0.15, 0.2) is 0 Å². The first-order chi connectivity index (χ1) is 16.7. The molecule has 35 heavy (non-hydrogen) atoms. The van der Waals surface area contributed by atoms with Crippen molar-refractivity contribution in [3.8, 4) is 5.75 Å². The third-order valence-electron chi connectivity index (χ3n) is 5.56. The van der Waals surface area contributed by atoms with Crippen LogP contribution in [-0.2, 0) is 29.0 Å². The normalized spacial score (nSPS) is 12.0. The molecular weight excluding hydrogens is 443 g/mol. The van der Waals surface area contributed by atoms with E-state index in [-0.39, 0.29) is 24.8 Å². The molecule has 0 heterocycles. The van der Waals surface area contributed by atoms with E-state index in [0.29, 0.717) is 17.7 Å². The minimum absolute atomic E-state index is 0.148. The molecule has 3 aromatic carbocycles. The first-order valence-electron chi connectivity index (χ1n) is 11.7. The smallest absolute Gasteiger partial charge is 0.243 e. The number of amides is 2. The van der Waals surface area contributed by atoms with E-state index in [9.17, 15) is 14.0 Å². The minimum Gasteiger partial charge on any atom is -0.497 e. The molecule has 2 amide bonds. The van der Waals surface area contributed by atoms with Gasteiger partial charge in [0.2, 0.25) is 11.8 Å². The second kappa shape index (κ2) is 11.6. The summed E-state index contributed by atoms with van der Waals surface area (Å²) in [5, 5.41) is 3.03. The lowest BCUT2D eigenvalue weighted by atomic mass is 9.99. The van der Waals surface area contributed by atoms with Crippen LogP contribution in [0.3, 0.4) is 0 Å². The molecule has 0 aromatic heterocycles. The van der Waals surface area contributed by atoms with Crippen molar-refractivity contribution in [1.82, 2.24) is 10.2 Å². The van der Waals surface area contributed by atoms with Crippen LogP contribution in [0.25, 0.3) is 0 Å². The number of halogens is 1. The van der Waals surface area contributed by atoms with Gasteiger partial charge in [-0.25, -0.2) is 4.39 Å². The fourth-order valence-corrected chi connectivity index (χ4v) is 3.88. The summed E-state index contributed by atoms with van der Waals surface area (Å²) in [4.78, 5) is 28.8. The van der Waals surface area contributed by atoms with Gasteiger partial charge in [0.1, 0.15) is 17.6 Å². The number of hydrogen-bond acceptors (Lipinski definition) is 3. The van der Waals surface area contributed by atoms with Gasteiger partial charge in [-0.1, -0.05) is 60.7 Å². The Hall–Kier alpha value is -3.67. The lowest BCUT2D eigenvalue weighted by Gasteiger charge is -2.34. The molecule has 0 unspecified atom stereocenters. The molecule has 3 aromatic rings. The maximum absolute atomic E-state index is 14.4. The van der Waals surface area contributed by atoms with E-state index < -0.39 is 17.4 Å². The van der Waals surface area contributed by atoms with Crippen LogP contribution in [0.1, 0.15) is 37.5 Å². The van der Waals surface area contributed by atoms with Crippen LogP contribution in [0.4, 0.5) is 4.39 Å². The molecule has 0 aliphatic heterocycles. The fraction of sp³-hybridized carbons (Fsp3) is 0.310. The first-order valence-corrected chi connectivity index (χ1v) is 11.7. The summed E-state index contributed by atoms with van der Waals surface area (Å²) in [5.41, 5.74) is 1.55. The number of nitrogens with zero attached hydrogens (tertiary/aromatic N) is 1. The summed E-state index contributed by atoms with van der Waals surface area (Å²) in [5.74, 6) is -0.377. The van der Waals surface area contributed by atoms with Crippen molar-refractivity contribution < 1.29 is 18.7 Å². The topological polar surface area (TPSA) is 58.6 Å². The number of rotatable bonds is 9. The van der Waals surface area contributed by atoms with Crippen LogP contribution in [0.15, 0.2) is 78.9 Å². The number of carbonyl (C=O) groups is 2. The average Bonchev–Trinajstić information content (AvgIpc) is 2.82. The Morgan fingerprint density at radius 2 is 1.60 bits per heavy atom. The Labute approximate surface area is 206 Å². The van der Waals surface area contributed by atoms with Crippen molar-refractivity contribution >= 4 is 11.8 Å². The number of benzene rings is 3. The standard InChI is InChI=1S/C29H33FN2O3/c1-29(2,3)31-28(34)26(18-21-11-6-5-7-12-21)32(20-22-13-10-15-24(17-22)35-4)27(33)19-23-14-8-9-16-25(23)30/h5-17,26H,18-20H2,1-4H3,(H,31,34)/t26-/m1/s1. The predicted molar refractivity (Wildman–Crippen MR) is 135 cm³/mol. The van der Waals surface area contributed by atoms with Gasteiger partial charge >= 0.3 is 0 Å². The van der Waals surface area contributed by atoms with Gasteiger partial charge in [0.25, 0.3) is 0 Å². The summed E-state index contributed by atoms with van der Waals surface area (Å²) < 4.78 is 19.7. The third kappa shape index (κ3) is 7.67. The van der Waals surface area contributed by atoms with Gasteiger partial charge in [0.05, 0.1) is 13.5 Å². The van der Waals surface area contributed by atoms with Crippen molar-refractivity contribution in [1.29, 1.82) is 0 Å². The molecular formula is C29H33FN2O3. The monoisotopic (exact) mass is 476 g/mol. The Morgan fingerprint density at radius 3 is 2.26 bits per heavy atom. The molecule has 0 radical (unpaired) electrons. The predicted octanol–water partition coefficient (Wildman–Crippen LogP) is 4.93. The van der Waals surface area contributed by atoms with E-state index in [4.69, 9.17) is 4.74 Å². The average molecular weight is 477 g/mol. The molecule has 0 spiro atoms. The summed E-state index contributed by atoms with van der Waals surface area (Å²) in [7, 11) is 1.58. The van der Waals surface area contributed by atoms with Crippen molar-refractivity contribution in [3.05, 3.63) is 101 Å². The highest BCUT2D eigenvalue weighted by atomic mass is 19.1. The molecule has 1 N–H and O–H groups in total. The lowest BCUT2D eigenvalue weighted by Crippen LogP contribution is -2.54. The van der Waals surface area contributed by atoms with Crippen LogP contribution in [-0.4, -0.2) is 35.4 Å². The first kappa shape index (κ1) is 25.9. The van der Waals surface area contributed by atoms with Crippen LogP contribution in [0.5, 0.6) is 5.75 Å². The number of carbonyl (C=O) groups excluding carboxylic acids is 2. The quantitative estimate of drug-likeness (QED) is 0.476. The zero-order valence-electron chi connectivity index (χ0n) is 20.8. The van der Waals surface area contributed by atoms with E-state index in [2.05, 4.69) is 5.32 Å². The molecule has 0 saturated heterocycles. The Balaban J connectivity index is 2.01. The zero-order chi connectivity index (χ0) is 25.4. The summed E-state index contributed by atoms with van der Waals surface area (Å²) >= 11 is 0. The van der Waals surface area contributed by atoms with Gasteiger partial charge in [-0.3, -0.25) is 9.59 Å². The summed E-state index contributed by atoms with van der Waals surface area (Å²) in [6.45, 7) is 5.88. The van der Waals surface area contributed by atoms with Gasteiger partial charge in [-0.2, -0.15) is 0 Å². The van der Waals surface area contributed by atoms with Crippen LogP contribution in [0.2, 0.25) is 0 Å². The second-order valence-corrected chi connectivity index (χ2v) is 9.59. The van der Waals surface area contributed by atoms with E-state index in [1.807, 2.05) is 75.4 Å². The number of nitrogens with one attached hydrogen (secondary N) is 1. The molecule has 184 valence electrons. The van der Waals surface area contributed by atoms with Crippen molar-refractivity contribution in [2.75, 3.05) is 7.11 Å². The third-order valence-corrected chi connectivity index (χ3v) is 5.56. The Morgan fingerprint density at radius 1 is 0.943 bits per heavy atom. The Kier molecular flexibility index (Phi) is 8.63. The summed E-state index contributed by atoms with van der Waals surface area (Å²) in [6, 6.07) is 22.4. The van der Waals surface area contributed by atoms with Crippen LogP contribution in [0, 0.1) is 5.82 Å². The molecule has 0 saturated carbocycles. The van der Waals surface area contributed by atoms with Crippen molar-refractivity contribution in [2.24, 2.45) is 0 Å². The molecule has 1 atom stereocenters. The maximum Gasteiger partial charge on any atom is 0.243 e. The van der Waals surface area contributed by atoms with Gasteiger partial charge in [0, 0.05) is 18.5 Å². The Bertz CT molecular complexity index is 1140. The highest BCUT2D eigenvalue weighted by Gasteiger charge is 2.32. The van der Waals surface area contributed by atoms with E-state index in [1.165, 1.54) is 6.07 Å². The van der Waals surface area contributed by atoms with E-state index in [0.717, 1.165) is 11.1 Å². The SMILES string of the molecule is COc1cccc(CN(C(=O)Cc2ccccc2F)[C@H](Cc2ccccc2)C(=O)NC(C)(C)C)c1. The molecule has 0 aliphatic rings. The van der Waals surface area contributed by atoms with Crippen LogP contribution >= 0.6 is 0 Å². The number of hydrogen-bond donors (Lipinski definition) is 1. The van der Waals surface area contributed by atoms with Gasteiger partial charge < -0.3 is 15.0 Å². The summed E-state index contributed by atoms with van der Waals surface area (Å²) in [6.07, 6.45) is 0.181. The largest absolute Gasteiger partial charge is 0.497 e. The molecule has 0 aliphatic carbocycles. The molecule has 6 heteroatoms. The maximum atomic E-state index is 14.4. The fourth-order valence-electron chi connectivity index (χ4n) is 3.88. The number of ether oxygens (including phenoxy) is 1. The molecule has 0 bridgehead atoms. The van der Waals surface area contributed by atoms with Crippen LogP contribution < -0.4 is 10.1 Å². The minimum atomic E-state index is -0.790. The molecule has 0 fully saturated rings. The van der Waals surface area contributed by atoms with Gasteiger partial charge in [-0.15, -0.1) is 0 Å². The highest BCUT2D eigenvalue weighted by Crippen LogP contribution is 2.20. The van der Waals surface area contributed by atoms with Crippen molar-refractivity contribution in [2.45, 2.75) is 51.7 Å². The van der Waals surface area contributed by atoms with Crippen molar-refractivity contribution in [3.63, 3.8) is 0 Å². The molecule has 5 nitrogen and oxygen atoms in total. The zero-order valence-corrected chi connectivity index (χ0v) is 20.8. The van der Waals surface area contributed by atoms with Gasteiger partial charge in [-0.05, 0) is 55.7 Å². The highest BCUT2D eigenvalue weighted by molar-refractivity contribution is 5.89. The number of methoxy groups -OCH3 is 1. The van der Waals surface area contributed by atoms with E-state index in [1.54, 1.807) is 30.2 Å². The molecule has 3 rings (SSSR count). The second-order valence-electron chi connectivity index (χ2n) is 9.59.